The minimum Gasteiger partial charge on any atom is -0.372 e. The summed E-state index contributed by atoms with van der Waals surface area (Å²) in [7, 11) is 1.66. The summed E-state index contributed by atoms with van der Waals surface area (Å²) in [5.74, 6) is -0.207. The summed E-state index contributed by atoms with van der Waals surface area (Å²) in [5, 5.41) is 6.13. The molecule has 1 N–H and O–H groups in total. The highest BCUT2D eigenvalue weighted by Gasteiger charge is 2.46. The number of fused-ring (bicyclic) bond motifs is 1. The van der Waals surface area contributed by atoms with Crippen molar-refractivity contribution in [3.8, 4) is 0 Å². The van der Waals surface area contributed by atoms with Gasteiger partial charge in [0, 0.05) is 38.9 Å². The second kappa shape index (κ2) is 9.95. The van der Waals surface area contributed by atoms with Gasteiger partial charge in [-0.1, -0.05) is 42.5 Å². The number of hydrogen-bond acceptors (Lipinski definition) is 5. The third-order valence-electron chi connectivity index (χ3n) is 7.08. The molecule has 0 unspecified atom stereocenters. The lowest BCUT2D eigenvalue weighted by atomic mass is 10.1. The molecular weight excluding hydrogens is 444 g/mol. The molecule has 35 heavy (non-hydrogen) atoms. The highest BCUT2D eigenvalue weighted by molar-refractivity contribution is 5.89. The first kappa shape index (κ1) is 23.2. The zero-order valence-electron chi connectivity index (χ0n) is 20.1. The second-order valence-corrected chi connectivity index (χ2v) is 9.41. The normalized spacial score (nSPS) is 20.4. The molecule has 0 aliphatic carbocycles. The van der Waals surface area contributed by atoms with E-state index in [2.05, 4.69) is 22.3 Å². The van der Waals surface area contributed by atoms with Crippen LogP contribution in [0.1, 0.15) is 24.0 Å². The number of rotatable bonds is 6. The van der Waals surface area contributed by atoms with Crippen LogP contribution in [0.25, 0.3) is 0 Å². The topological polar surface area (TPSA) is 79.4 Å². The zero-order chi connectivity index (χ0) is 24.4. The van der Waals surface area contributed by atoms with E-state index in [1.807, 2.05) is 42.5 Å². The molecule has 4 amide bonds. The fraction of sp³-hybridized carbons (Fsp3) is 0.423. The van der Waals surface area contributed by atoms with Gasteiger partial charge in [-0.3, -0.25) is 14.6 Å². The van der Waals surface area contributed by atoms with Crippen molar-refractivity contribution < 1.29 is 14.4 Å². The van der Waals surface area contributed by atoms with Crippen molar-refractivity contribution in [3.05, 3.63) is 65.7 Å². The van der Waals surface area contributed by atoms with Crippen molar-refractivity contribution in [3.63, 3.8) is 0 Å². The van der Waals surface area contributed by atoms with Crippen LogP contribution >= 0.6 is 0 Å². The minimum absolute atomic E-state index is 0.0330. The van der Waals surface area contributed by atoms with E-state index in [9.17, 15) is 14.4 Å². The Morgan fingerprint density at radius 3 is 2.49 bits per heavy atom. The minimum atomic E-state index is -0.366. The lowest BCUT2D eigenvalue weighted by molar-refractivity contribution is -0.149. The Morgan fingerprint density at radius 2 is 1.71 bits per heavy atom. The van der Waals surface area contributed by atoms with Crippen LogP contribution in [0.4, 0.5) is 10.5 Å². The van der Waals surface area contributed by atoms with Crippen LogP contribution in [0.5, 0.6) is 0 Å². The first-order chi connectivity index (χ1) is 17.0. The van der Waals surface area contributed by atoms with Gasteiger partial charge >= 0.3 is 6.03 Å². The van der Waals surface area contributed by atoms with Crippen LogP contribution in [0.2, 0.25) is 0 Å². The monoisotopic (exact) mass is 476 g/mol. The summed E-state index contributed by atoms with van der Waals surface area (Å²) in [5.41, 5.74) is 3.26. The number of anilines is 1. The Labute approximate surface area is 205 Å². The van der Waals surface area contributed by atoms with Gasteiger partial charge in [0.15, 0.2) is 0 Å². The van der Waals surface area contributed by atoms with Crippen LogP contribution < -0.4 is 10.2 Å². The van der Waals surface area contributed by atoms with Crippen LogP contribution in [0.3, 0.4) is 0 Å². The predicted octanol–water partition coefficient (Wildman–Crippen LogP) is 1.86. The fourth-order valence-corrected chi connectivity index (χ4v) is 5.10. The number of carbonyl (C=O) groups excluding carboxylic acids is 3. The molecule has 3 fully saturated rings. The Hall–Kier alpha value is -3.59. The lowest BCUT2D eigenvalue weighted by Crippen LogP contribution is -2.61. The maximum Gasteiger partial charge on any atom is 0.332 e. The number of hydrogen-bond donors (Lipinski definition) is 1. The molecule has 5 rings (SSSR count). The predicted molar refractivity (Wildman–Crippen MR) is 132 cm³/mol. The number of hydrazine groups is 1. The summed E-state index contributed by atoms with van der Waals surface area (Å²) >= 11 is 0. The first-order valence-electron chi connectivity index (χ1n) is 12.2. The van der Waals surface area contributed by atoms with Gasteiger partial charge in [0.05, 0.1) is 13.1 Å². The first-order valence-corrected chi connectivity index (χ1v) is 12.2. The Balaban J connectivity index is 1.25. The van der Waals surface area contributed by atoms with E-state index >= 15 is 0 Å². The number of nitrogens with zero attached hydrogens (tertiary/aromatic N) is 5. The van der Waals surface area contributed by atoms with Gasteiger partial charge in [-0.15, -0.1) is 0 Å². The molecule has 3 aliphatic heterocycles. The molecule has 2 aromatic rings. The number of piperazine rings is 1. The van der Waals surface area contributed by atoms with Crippen molar-refractivity contribution in [1.29, 1.82) is 0 Å². The molecule has 2 aromatic carbocycles. The van der Waals surface area contributed by atoms with Crippen LogP contribution in [0.15, 0.2) is 54.6 Å². The number of carbonyl (C=O) groups is 3. The molecule has 0 spiro atoms. The quantitative estimate of drug-likeness (QED) is 0.689. The van der Waals surface area contributed by atoms with Crippen LogP contribution in [0, 0.1) is 0 Å². The summed E-state index contributed by atoms with van der Waals surface area (Å²) in [6, 6.07) is 17.8. The second-order valence-electron chi connectivity index (χ2n) is 9.41. The highest BCUT2D eigenvalue weighted by atomic mass is 16.2. The van der Waals surface area contributed by atoms with Crippen LogP contribution in [-0.2, 0) is 22.7 Å². The average Bonchev–Trinajstić information content (AvgIpc) is 3.52. The summed E-state index contributed by atoms with van der Waals surface area (Å²) in [6.45, 7) is 3.48. The molecule has 3 aliphatic rings. The molecule has 0 bridgehead atoms. The molecule has 0 saturated carbocycles. The van der Waals surface area contributed by atoms with Gasteiger partial charge in [-0.25, -0.2) is 4.79 Å². The molecular formula is C26H32N6O3. The maximum atomic E-state index is 12.9. The van der Waals surface area contributed by atoms with Gasteiger partial charge in [0.25, 0.3) is 0 Å². The SMILES string of the molecule is CN(C(=O)NCc1ccccc1)N1CC(=O)N2CC(=O)N(Cc3cccc(N4CCCC4)c3)C[C@@H]21. The fourth-order valence-electron chi connectivity index (χ4n) is 5.10. The number of amides is 4. The Morgan fingerprint density at radius 1 is 0.971 bits per heavy atom. The molecule has 184 valence electrons. The van der Waals surface area contributed by atoms with E-state index in [0.717, 1.165) is 24.2 Å². The third kappa shape index (κ3) is 4.95. The van der Waals surface area contributed by atoms with E-state index < -0.39 is 0 Å². The van der Waals surface area contributed by atoms with Gasteiger partial charge in [0.1, 0.15) is 12.7 Å². The van der Waals surface area contributed by atoms with Gasteiger partial charge in [-0.2, -0.15) is 5.01 Å². The Kier molecular flexibility index (Phi) is 6.59. The molecule has 3 saturated heterocycles. The molecule has 1 atom stereocenters. The standard InChI is InChI=1S/C26H32N6O3/c1-28(26(35)27-15-20-8-3-2-4-9-20)32-19-25(34)31-18-24(33)30(17-23(31)32)16-21-10-7-11-22(14-21)29-12-5-6-13-29/h2-4,7-11,14,23H,5-6,12-13,15-19H2,1H3,(H,27,35)/t23-/m0/s1. The van der Waals surface area contributed by atoms with E-state index in [4.69, 9.17) is 0 Å². The van der Waals surface area contributed by atoms with Crippen molar-refractivity contribution in [2.24, 2.45) is 0 Å². The van der Waals surface area contributed by atoms with Crippen LogP contribution in [-0.4, -0.2) is 83.6 Å². The van der Waals surface area contributed by atoms with Crippen molar-refractivity contribution >= 4 is 23.5 Å². The summed E-state index contributed by atoms with van der Waals surface area (Å²) in [6.07, 6.45) is 2.06. The third-order valence-corrected chi connectivity index (χ3v) is 7.08. The van der Waals surface area contributed by atoms with Gasteiger partial charge in [0.2, 0.25) is 11.8 Å². The highest BCUT2D eigenvalue weighted by Crippen LogP contribution is 2.26. The summed E-state index contributed by atoms with van der Waals surface area (Å²) < 4.78 is 0. The molecule has 9 heteroatoms. The van der Waals surface area contributed by atoms with E-state index in [-0.39, 0.29) is 37.1 Å². The smallest absolute Gasteiger partial charge is 0.332 e. The van der Waals surface area contributed by atoms with Crippen molar-refractivity contribution in [2.45, 2.75) is 32.1 Å². The largest absolute Gasteiger partial charge is 0.372 e. The van der Waals surface area contributed by atoms with E-state index in [1.54, 1.807) is 21.9 Å². The molecule has 0 aromatic heterocycles. The lowest BCUT2D eigenvalue weighted by Gasteiger charge is -2.41. The molecule has 0 radical (unpaired) electrons. The van der Waals surface area contributed by atoms with E-state index in [0.29, 0.717) is 19.6 Å². The van der Waals surface area contributed by atoms with Gasteiger partial charge < -0.3 is 20.0 Å². The number of benzene rings is 2. The van der Waals surface area contributed by atoms with Crippen molar-refractivity contribution in [2.75, 3.05) is 44.7 Å². The number of urea groups is 1. The van der Waals surface area contributed by atoms with E-state index in [1.165, 1.54) is 23.5 Å². The zero-order valence-corrected chi connectivity index (χ0v) is 20.1. The van der Waals surface area contributed by atoms with Crippen molar-refractivity contribution in [1.82, 2.24) is 25.1 Å². The number of nitrogens with one attached hydrogen (secondary N) is 1. The average molecular weight is 477 g/mol. The molecule has 9 nitrogen and oxygen atoms in total. The Bertz CT molecular complexity index is 1090. The molecule has 3 heterocycles. The summed E-state index contributed by atoms with van der Waals surface area (Å²) in [4.78, 5) is 44.2. The van der Waals surface area contributed by atoms with Gasteiger partial charge in [-0.05, 0) is 36.1 Å². The maximum absolute atomic E-state index is 12.9.